The monoisotopic (exact) mass is 293 g/mol. The molecule has 0 aliphatic rings. The summed E-state index contributed by atoms with van der Waals surface area (Å²) < 4.78 is 6.99. The Morgan fingerprint density at radius 2 is 1.95 bits per heavy atom. The first-order chi connectivity index (χ1) is 9.33. The van der Waals surface area contributed by atoms with E-state index in [1.165, 1.54) is 0 Å². The van der Waals surface area contributed by atoms with Gasteiger partial charge >= 0.3 is 0 Å². The third-order valence-electron chi connectivity index (χ3n) is 2.94. The maximum Gasteiger partial charge on any atom is 0.146 e. The molecule has 1 aromatic heterocycles. The van der Waals surface area contributed by atoms with Crippen LogP contribution >= 0.6 is 11.6 Å². The number of benzene rings is 1. The van der Waals surface area contributed by atoms with Crippen LogP contribution in [0.2, 0.25) is 5.02 Å². The molecule has 2 rings (SSSR count). The van der Waals surface area contributed by atoms with E-state index in [1.807, 2.05) is 24.3 Å². The summed E-state index contributed by atoms with van der Waals surface area (Å²) in [6, 6.07) is 7.59. The largest absolute Gasteiger partial charge is 0.494 e. The highest BCUT2D eigenvalue weighted by atomic mass is 35.5. The van der Waals surface area contributed by atoms with Gasteiger partial charge in [-0.2, -0.15) is 5.10 Å². The van der Waals surface area contributed by atoms with Crippen LogP contribution in [0.3, 0.4) is 0 Å². The fraction of sp³-hybridized carbons (Fsp3) is 0.400. The van der Waals surface area contributed by atoms with Crippen LogP contribution < -0.4 is 10.5 Å². The van der Waals surface area contributed by atoms with Gasteiger partial charge in [-0.25, -0.2) is 4.68 Å². The molecular formula is C15H20ClN3O. The molecule has 2 aromatic rings. The maximum atomic E-state index is 6.32. The average Bonchev–Trinajstić information content (AvgIpc) is 2.65. The van der Waals surface area contributed by atoms with E-state index in [4.69, 9.17) is 22.1 Å². The molecule has 0 atom stereocenters. The zero-order valence-electron chi connectivity index (χ0n) is 12.3. The first-order valence-electron chi connectivity index (χ1n) is 6.50. The predicted molar refractivity (Wildman–Crippen MR) is 82.7 cm³/mol. The van der Waals surface area contributed by atoms with E-state index in [9.17, 15) is 0 Å². The van der Waals surface area contributed by atoms with Crippen LogP contribution in [0.15, 0.2) is 24.3 Å². The van der Waals surface area contributed by atoms with Crippen LogP contribution in [-0.2, 0) is 6.42 Å². The highest BCUT2D eigenvalue weighted by molar-refractivity contribution is 6.33. The smallest absolute Gasteiger partial charge is 0.146 e. The molecule has 5 heteroatoms. The number of ether oxygens (including phenoxy) is 1. The molecule has 0 fully saturated rings. The molecule has 0 bridgehead atoms. The van der Waals surface area contributed by atoms with Crippen molar-refractivity contribution in [3.05, 3.63) is 35.0 Å². The van der Waals surface area contributed by atoms with Gasteiger partial charge in [-0.05, 0) is 24.0 Å². The summed E-state index contributed by atoms with van der Waals surface area (Å²) in [6.45, 7) is 6.42. The normalized spacial score (nSPS) is 11.7. The summed E-state index contributed by atoms with van der Waals surface area (Å²) in [6.07, 6.45) is 0.762. The molecule has 0 radical (unpaired) electrons. The van der Waals surface area contributed by atoms with Gasteiger partial charge in [-0.15, -0.1) is 0 Å². The lowest BCUT2D eigenvalue weighted by Crippen LogP contribution is -2.10. The minimum Gasteiger partial charge on any atom is -0.494 e. The lowest BCUT2D eigenvalue weighted by Gasteiger charge is -2.16. The van der Waals surface area contributed by atoms with Crippen molar-refractivity contribution >= 4 is 17.4 Å². The maximum absolute atomic E-state index is 6.32. The highest BCUT2D eigenvalue weighted by Crippen LogP contribution is 2.33. The Bertz CT molecular complexity index is 614. The van der Waals surface area contributed by atoms with Crippen LogP contribution in [-0.4, -0.2) is 16.9 Å². The molecule has 108 valence electrons. The number of nitrogens with zero attached hydrogens (tertiary/aromatic N) is 2. The molecule has 0 unspecified atom stereocenters. The van der Waals surface area contributed by atoms with Gasteiger partial charge in [0.05, 0.1) is 12.8 Å². The fourth-order valence-electron chi connectivity index (χ4n) is 2.06. The minimum atomic E-state index is 0.0933. The summed E-state index contributed by atoms with van der Waals surface area (Å²) in [7, 11) is 1.62. The van der Waals surface area contributed by atoms with E-state index in [-0.39, 0.29) is 5.41 Å². The second-order valence-corrected chi connectivity index (χ2v) is 6.34. The van der Waals surface area contributed by atoms with Crippen molar-refractivity contribution < 1.29 is 4.74 Å². The third kappa shape index (κ3) is 2.90. The van der Waals surface area contributed by atoms with Crippen molar-refractivity contribution in [3.63, 3.8) is 0 Å². The van der Waals surface area contributed by atoms with Gasteiger partial charge in [0.2, 0.25) is 0 Å². The number of para-hydroxylation sites is 2. The number of aromatic nitrogens is 2. The molecule has 20 heavy (non-hydrogen) atoms. The second kappa shape index (κ2) is 5.37. The standard InChI is InChI=1S/C15H20ClN3O/c1-15(2,3)9-10-13(16)14(17)19(18-10)11-7-5-6-8-12(11)20-4/h5-8H,9,17H2,1-4H3. The van der Waals surface area contributed by atoms with Crippen molar-refractivity contribution in [2.75, 3.05) is 12.8 Å². The molecular weight excluding hydrogens is 274 g/mol. The summed E-state index contributed by atoms with van der Waals surface area (Å²) in [5.74, 6) is 1.15. The topological polar surface area (TPSA) is 53.1 Å². The summed E-state index contributed by atoms with van der Waals surface area (Å²) in [4.78, 5) is 0. The van der Waals surface area contributed by atoms with Crippen molar-refractivity contribution in [3.8, 4) is 11.4 Å². The van der Waals surface area contributed by atoms with E-state index in [0.29, 0.717) is 16.6 Å². The van der Waals surface area contributed by atoms with Crippen molar-refractivity contribution in [1.82, 2.24) is 9.78 Å². The zero-order valence-corrected chi connectivity index (χ0v) is 13.0. The number of anilines is 1. The Morgan fingerprint density at radius 1 is 1.30 bits per heavy atom. The molecule has 0 saturated carbocycles. The van der Waals surface area contributed by atoms with E-state index in [1.54, 1.807) is 11.8 Å². The van der Waals surface area contributed by atoms with Crippen molar-refractivity contribution in [1.29, 1.82) is 0 Å². The van der Waals surface area contributed by atoms with Crippen LogP contribution in [0, 0.1) is 5.41 Å². The number of methoxy groups -OCH3 is 1. The molecule has 4 nitrogen and oxygen atoms in total. The second-order valence-electron chi connectivity index (χ2n) is 5.97. The fourth-order valence-corrected chi connectivity index (χ4v) is 2.25. The van der Waals surface area contributed by atoms with Gasteiger partial charge in [-0.3, -0.25) is 0 Å². The number of rotatable bonds is 3. The van der Waals surface area contributed by atoms with Crippen LogP contribution in [0.25, 0.3) is 5.69 Å². The predicted octanol–water partition coefficient (Wildman–Crippen LogP) is 3.71. The summed E-state index contributed by atoms with van der Waals surface area (Å²) in [5.41, 5.74) is 7.78. The van der Waals surface area contributed by atoms with Crippen LogP contribution in [0.5, 0.6) is 5.75 Å². The quantitative estimate of drug-likeness (QED) is 0.938. The Balaban J connectivity index is 2.51. The first kappa shape index (κ1) is 14.7. The molecule has 1 heterocycles. The zero-order chi connectivity index (χ0) is 14.9. The Kier molecular flexibility index (Phi) is 3.95. The minimum absolute atomic E-state index is 0.0933. The number of hydrogen-bond donors (Lipinski definition) is 1. The Labute approximate surface area is 124 Å². The van der Waals surface area contributed by atoms with E-state index in [2.05, 4.69) is 25.9 Å². The van der Waals surface area contributed by atoms with Gasteiger partial charge in [0.25, 0.3) is 0 Å². The Morgan fingerprint density at radius 3 is 2.55 bits per heavy atom. The molecule has 0 spiro atoms. The van der Waals surface area contributed by atoms with Crippen LogP contribution in [0.4, 0.5) is 5.82 Å². The SMILES string of the molecule is COc1ccccc1-n1nc(CC(C)(C)C)c(Cl)c1N. The molecule has 2 N–H and O–H groups in total. The lowest BCUT2D eigenvalue weighted by molar-refractivity contribution is 0.403. The average molecular weight is 294 g/mol. The van der Waals surface area contributed by atoms with E-state index >= 15 is 0 Å². The highest BCUT2D eigenvalue weighted by Gasteiger charge is 2.21. The summed E-state index contributed by atoms with van der Waals surface area (Å²) in [5, 5.41) is 5.07. The van der Waals surface area contributed by atoms with Gasteiger partial charge in [0.1, 0.15) is 22.3 Å². The van der Waals surface area contributed by atoms with Gasteiger partial charge in [-0.1, -0.05) is 44.5 Å². The summed E-state index contributed by atoms with van der Waals surface area (Å²) >= 11 is 6.32. The number of nitrogens with two attached hydrogens (primary N) is 1. The van der Waals surface area contributed by atoms with Crippen LogP contribution in [0.1, 0.15) is 26.5 Å². The van der Waals surface area contributed by atoms with Gasteiger partial charge in [0, 0.05) is 0 Å². The Hall–Kier alpha value is -1.68. The molecule has 0 amide bonds. The molecule has 0 saturated heterocycles. The number of hydrogen-bond acceptors (Lipinski definition) is 3. The lowest BCUT2D eigenvalue weighted by atomic mass is 9.91. The molecule has 1 aromatic carbocycles. The number of halogens is 1. The molecule has 0 aliphatic carbocycles. The van der Waals surface area contributed by atoms with Crippen molar-refractivity contribution in [2.24, 2.45) is 5.41 Å². The van der Waals surface area contributed by atoms with Gasteiger partial charge in [0.15, 0.2) is 0 Å². The van der Waals surface area contributed by atoms with E-state index in [0.717, 1.165) is 17.8 Å². The third-order valence-corrected chi connectivity index (χ3v) is 3.35. The first-order valence-corrected chi connectivity index (χ1v) is 6.87. The van der Waals surface area contributed by atoms with E-state index < -0.39 is 0 Å². The molecule has 0 aliphatic heterocycles. The number of nitrogen functional groups attached to an aromatic ring is 1. The van der Waals surface area contributed by atoms with Gasteiger partial charge < -0.3 is 10.5 Å². The van der Waals surface area contributed by atoms with Crippen molar-refractivity contribution in [2.45, 2.75) is 27.2 Å².